The number of fused-ring (bicyclic) bond motifs is 2. The molecule has 1 amide bonds. The van der Waals surface area contributed by atoms with Gasteiger partial charge in [0.05, 0.1) is 22.7 Å². The number of amides is 1. The zero-order valence-electron chi connectivity index (χ0n) is 19.8. The van der Waals surface area contributed by atoms with Crippen LogP contribution in [-0.2, 0) is 11.2 Å². The van der Waals surface area contributed by atoms with E-state index in [1.807, 2.05) is 76.2 Å². The summed E-state index contributed by atoms with van der Waals surface area (Å²) in [4.78, 5) is 16.8. The number of benzene rings is 3. The van der Waals surface area contributed by atoms with Crippen LogP contribution in [-0.4, -0.2) is 37.7 Å². The van der Waals surface area contributed by atoms with E-state index >= 15 is 0 Å². The summed E-state index contributed by atoms with van der Waals surface area (Å²) in [6.07, 6.45) is 9.00. The Hall–Kier alpha value is -3.26. The number of hydrogen-bond acceptors (Lipinski definition) is 5. The molecule has 3 aromatic carbocycles. The molecule has 2 atom stereocenters. The number of rotatable bonds is 6. The molecule has 8 heteroatoms. The summed E-state index contributed by atoms with van der Waals surface area (Å²) in [5.74, 6) is 1.10. The Kier molecular flexibility index (Phi) is 6.91. The van der Waals surface area contributed by atoms with Crippen LogP contribution < -0.4 is 4.90 Å². The maximum absolute atomic E-state index is 13.7. The fraction of sp³-hybridized carbons (Fsp3) is 0.138. The Balaban J connectivity index is 1.29. The fourth-order valence-corrected chi connectivity index (χ4v) is 6.83. The summed E-state index contributed by atoms with van der Waals surface area (Å²) < 4.78 is 2.02. The number of para-hydroxylation sites is 1. The lowest BCUT2D eigenvalue weighted by Gasteiger charge is -2.40. The van der Waals surface area contributed by atoms with Crippen LogP contribution in [0.3, 0.4) is 0 Å². The van der Waals surface area contributed by atoms with Crippen LogP contribution >= 0.6 is 35.1 Å². The summed E-state index contributed by atoms with van der Waals surface area (Å²) in [6.45, 7) is 0. The molecule has 1 aliphatic carbocycles. The Morgan fingerprint density at radius 2 is 1.68 bits per heavy atom. The van der Waals surface area contributed by atoms with E-state index in [4.69, 9.17) is 11.6 Å². The Labute approximate surface area is 229 Å². The third-order valence-corrected chi connectivity index (χ3v) is 8.80. The Bertz CT molecular complexity index is 1480. The standard InChI is InChI=1S/C29H23ClN4OS2/c30-21-14-16-22(17-15-21)33-27(18-20-8-2-1-3-9-20)31-32-29(33)36-19-28(35)34-23-10-4-6-12-25(23)37-26-13-7-5-11-24(26)34/h1-17,23,25H,18-19H2/t23-,25-/m1/s1. The second-order valence-electron chi connectivity index (χ2n) is 8.74. The molecule has 6 rings (SSSR count). The van der Waals surface area contributed by atoms with Crippen molar-refractivity contribution in [2.75, 3.05) is 10.7 Å². The molecular weight excluding hydrogens is 520 g/mol. The first-order valence-corrected chi connectivity index (χ1v) is 14.2. The molecule has 0 spiro atoms. The average molecular weight is 543 g/mol. The minimum atomic E-state index is -0.0132. The molecule has 2 aliphatic rings. The summed E-state index contributed by atoms with van der Waals surface area (Å²) >= 11 is 9.38. The van der Waals surface area contributed by atoms with Crippen LogP contribution in [0, 0.1) is 0 Å². The zero-order valence-corrected chi connectivity index (χ0v) is 22.2. The van der Waals surface area contributed by atoms with Crippen LogP contribution in [0.4, 0.5) is 5.69 Å². The highest BCUT2D eigenvalue weighted by Crippen LogP contribution is 2.43. The minimum absolute atomic E-state index is 0.0132. The van der Waals surface area contributed by atoms with E-state index in [-0.39, 0.29) is 23.0 Å². The van der Waals surface area contributed by atoms with Gasteiger partial charge in [0.1, 0.15) is 5.82 Å². The molecule has 1 aromatic heterocycles. The van der Waals surface area contributed by atoms with Gasteiger partial charge in [0.2, 0.25) is 5.91 Å². The fourth-order valence-electron chi connectivity index (χ4n) is 4.61. The first-order chi connectivity index (χ1) is 18.2. The van der Waals surface area contributed by atoms with Crippen molar-refractivity contribution < 1.29 is 4.79 Å². The molecule has 0 saturated carbocycles. The number of nitrogens with zero attached hydrogens (tertiary/aromatic N) is 4. The van der Waals surface area contributed by atoms with Crippen molar-refractivity contribution >= 4 is 46.7 Å². The van der Waals surface area contributed by atoms with Crippen molar-refractivity contribution in [2.45, 2.75) is 27.8 Å². The number of thioether (sulfide) groups is 2. The van der Waals surface area contributed by atoms with Gasteiger partial charge in [-0.1, -0.05) is 90.1 Å². The number of allylic oxidation sites excluding steroid dienone is 2. The minimum Gasteiger partial charge on any atom is -0.302 e. The predicted octanol–water partition coefficient (Wildman–Crippen LogP) is 6.61. The van der Waals surface area contributed by atoms with Gasteiger partial charge in [-0.25, -0.2) is 0 Å². The Morgan fingerprint density at radius 1 is 0.919 bits per heavy atom. The van der Waals surface area contributed by atoms with Crippen molar-refractivity contribution in [1.29, 1.82) is 0 Å². The van der Waals surface area contributed by atoms with E-state index in [1.165, 1.54) is 11.8 Å². The second-order valence-corrected chi connectivity index (χ2v) is 11.3. The van der Waals surface area contributed by atoms with Gasteiger partial charge in [-0.05, 0) is 42.0 Å². The van der Waals surface area contributed by atoms with Crippen molar-refractivity contribution in [2.24, 2.45) is 0 Å². The van der Waals surface area contributed by atoms with Gasteiger partial charge in [-0.15, -0.1) is 22.0 Å². The number of carbonyl (C=O) groups excluding carboxylic acids is 1. The van der Waals surface area contributed by atoms with Crippen molar-refractivity contribution in [3.8, 4) is 5.69 Å². The van der Waals surface area contributed by atoms with Crippen LogP contribution in [0.15, 0.2) is 113 Å². The molecule has 1 aliphatic heterocycles. The van der Waals surface area contributed by atoms with Gasteiger partial charge in [0.15, 0.2) is 5.16 Å². The van der Waals surface area contributed by atoms with Gasteiger partial charge >= 0.3 is 0 Å². The number of aromatic nitrogens is 3. The molecular formula is C29H23ClN4OS2. The average Bonchev–Trinajstić information content (AvgIpc) is 3.33. The predicted molar refractivity (Wildman–Crippen MR) is 152 cm³/mol. The van der Waals surface area contributed by atoms with E-state index in [2.05, 4.69) is 46.6 Å². The number of carbonyl (C=O) groups is 1. The molecule has 2 heterocycles. The number of halogens is 1. The summed E-state index contributed by atoms with van der Waals surface area (Å²) in [5.41, 5.74) is 3.02. The van der Waals surface area contributed by atoms with Gasteiger partial charge < -0.3 is 4.90 Å². The van der Waals surface area contributed by atoms with Crippen LogP contribution in [0.25, 0.3) is 5.69 Å². The maximum Gasteiger partial charge on any atom is 0.238 e. The largest absolute Gasteiger partial charge is 0.302 e. The molecule has 4 aromatic rings. The van der Waals surface area contributed by atoms with Crippen LogP contribution in [0.2, 0.25) is 5.02 Å². The highest BCUT2D eigenvalue weighted by atomic mass is 35.5. The number of anilines is 1. The lowest BCUT2D eigenvalue weighted by atomic mass is 10.0. The van der Waals surface area contributed by atoms with E-state index in [1.54, 1.807) is 11.8 Å². The third kappa shape index (κ3) is 4.99. The van der Waals surface area contributed by atoms with Gasteiger partial charge in [-0.3, -0.25) is 9.36 Å². The van der Waals surface area contributed by atoms with Gasteiger partial charge in [-0.2, -0.15) is 0 Å². The zero-order chi connectivity index (χ0) is 25.2. The summed E-state index contributed by atoms with van der Waals surface area (Å²) in [7, 11) is 0. The van der Waals surface area contributed by atoms with Crippen molar-refractivity contribution in [1.82, 2.24) is 14.8 Å². The van der Waals surface area contributed by atoms with Crippen LogP contribution in [0.5, 0.6) is 0 Å². The van der Waals surface area contributed by atoms with Gasteiger partial charge in [0, 0.05) is 22.0 Å². The summed E-state index contributed by atoms with van der Waals surface area (Å²) in [5, 5.41) is 10.5. The molecule has 0 bridgehead atoms. The van der Waals surface area contributed by atoms with E-state index in [0.29, 0.717) is 16.6 Å². The third-order valence-electron chi connectivity index (χ3n) is 6.33. The molecule has 0 unspecified atom stereocenters. The molecule has 37 heavy (non-hydrogen) atoms. The van der Waals surface area contributed by atoms with E-state index < -0.39 is 0 Å². The topological polar surface area (TPSA) is 51.0 Å². The van der Waals surface area contributed by atoms with E-state index in [9.17, 15) is 4.79 Å². The molecule has 0 fully saturated rings. The maximum atomic E-state index is 13.7. The quantitative estimate of drug-likeness (QED) is 0.257. The summed E-state index contributed by atoms with van der Waals surface area (Å²) in [6, 6.07) is 25.9. The van der Waals surface area contributed by atoms with E-state index in [0.717, 1.165) is 27.7 Å². The first-order valence-electron chi connectivity index (χ1n) is 12.0. The normalized spacial score (nSPS) is 17.9. The molecule has 5 nitrogen and oxygen atoms in total. The molecule has 184 valence electrons. The van der Waals surface area contributed by atoms with Crippen molar-refractivity contribution in [3.63, 3.8) is 0 Å². The SMILES string of the molecule is O=C(CSc1nnc(Cc2ccccc2)n1-c1ccc(Cl)cc1)N1c2ccccc2S[C@@H]2C=CC=C[C@H]21. The highest BCUT2D eigenvalue weighted by Gasteiger charge is 2.36. The second kappa shape index (κ2) is 10.6. The van der Waals surface area contributed by atoms with Crippen LogP contribution in [0.1, 0.15) is 11.4 Å². The molecule has 0 radical (unpaired) electrons. The lowest BCUT2D eigenvalue weighted by molar-refractivity contribution is -0.116. The van der Waals surface area contributed by atoms with Gasteiger partial charge in [0.25, 0.3) is 0 Å². The first kappa shape index (κ1) is 24.1. The lowest BCUT2D eigenvalue weighted by Crippen LogP contribution is -2.48. The number of hydrogen-bond donors (Lipinski definition) is 0. The molecule has 0 saturated heterocycles. The highest BCUT2D eigenvalue weighted by molar-refractivity contribution is 8.00. The monoisotopic (exact) mass is 542 g/mol. The smallest absolute Gasteiger partial charge is 0.238 e. The molecule has 0 N–H and O–H groups in total. The van der Waals surface area contributed by atoms with Crippen molar-refractivity contribution in [3.05, 3.63) is 120 Å². The Morgan fingerprint density at radius 3 is 2.51 bits per heavy atom.